The van der Waals surface area contributed by atoms with Gasteiger partial charge in [0.15, 0.2) is 9.84 Å². The second-order valence-corrected chi connectivity index (χ2v) is 8.28. The van der Waals surface area contributed by atoms with Gasteiger partial charge in [0.1, 0.15) is 5.75 Å². The van der Waals surface area contributed by atoms with E-state index >= 15 is 0 Å². The Morgan fingerprint density at radius 1 is 1.26 bits per heavy atom. The van der Waals surface area contributed by atoms with Crippen LogP contribution in [-0.2, 0) is 25.1 Å². The van der Waals surface area contributed by atoms with Gasteiger partial charge in [-0.3, -0.25) is 4.79 Å². The summed E-state index contributed by atoms with van der Waals surface area (Å²) in [6.45, 7) is 4.75. The number of hydrogen-bond donors (Lipinski definition) is 1. The third-order valence-corrected chi connectivity index (χ3v) is 5.03. The first-order chi connectivity index (χ1) is 10.7. The smallest absolute Gasteiger partial charge is 0.235 e. The molecule has 23 heavy (non-hydrogen) atoms. The highest BCUT2D eigenvalue weighted by Crippen LogP contribution is 2.23. The molecule has 5 nitrogen and oxygen atoms in total. The van der Waals surface area contributed by atoms with Crippen molar-refractivity contribution in [2.75, 3.05) is 18.9 Å². The molecule has 1 aromatic rings. The summed E-state index contributed by atoms with van der Waals surface area (Å²) in [6.07, 6.45) is 0.772. The van der Waals surface area contributed by atoms with Crippen molar-refractivity contribution in [3.8, 4) is 0 Å². The molecule has 1 N–H and O–H groups in total. The minimum absolute atomic E-state index is 0.136. The van der Waals surface area contributed by atoms with Gasteiger partial charge < -0.3 is 10.1 Å². The molecular weight excluding hydrogens is 361 g/mol. The number of carbonyl (C=O) groups is 1. The van der Waals surface area contributed by atoms with Crippen molar-refractivity contribution in [2.24, 2.45) is 0 Å². The average Bonchev–Trinajstić information content (AvgIpc) is 2.41. The zero-order valence-electron chi connectivity index (χ0n) is 13.1. The fourth-order valence-corrected chi connectivity index (χ4v) is 3.42. The summed E-state index contributed by atoms with van der Waals surface area (Å²) in [5.74, 6) is -1.33. The highest BCUT2D eigenvalue weighted by Gasteiger charge is 2.17. The first-order valence-electron chi connectivity index (χ1n) is 7.22. The minimum Gasteiger partial charge on any atom is -0.379 e. The number of halogens is 2. The van der Waals surface area contributed by atoms with Crippen molar-refractivity contribution < 1.29 is 17.9 Å². The van der Waals surface area contributed by atoms with E-state index in [2.05, 4.69) is 5.32 Å². The molecule has 0 aliphatic rings. The zero-order valence-corrected chi connectivity index (χ0v) is 15.5. The van der Waals surface area contributed by atoms with E-state index in [1.54, 1.807) is 6.07 Å². The van der Waals surface area contributed by atoms with E-state index in [1.165, 1.54) is 12.1 Å². The summed E-state index contributed by atoms with van der Waals surface area (Å²) >= 11 is 11.6. The summed E-state index contributed by atoms with van der Waals surface area (Å²) in [6, 6.07) is 4.60. The van der Waals surface area contributed by atoms with Crippen molar-refractivity contribution in [1.29, 1.82) is 0 Å². The lowest BCUT2D eigenvalue weighted by Gasteiger charge is -2.09. The maximum Gasteiger partial charge on any atom is 0.235 e. The molecule has 0 atom stereocenters. The summed E-state index contributed by atoms with van der Waals surface area (Å²) in [5.41, 5.74) is 0.498. The number of sulfone groups is 1. The number of hydrogen-bond acceptors (Lipinski definition) is 4. The molecule has 1 rings (SSSR count). The van der Waals surface area contributed by atoms with Crippen molar-refractivity contribution in [1.82, 2.24) is 5.32 Å². The van der Waals surface area contributed by atoms with Crippen molar-refractivity contribution >= 4 is 38.9 Å². The van der Waals surface area contributed by atoms with Crippen molar-refractivity contribution in [2.45, 2.75) is 32.1 Å². The number of nitrogens with one attached hydrogen (secondary N) is 1. The fraction of sp³-hybridized carbons (Fsp3) is 0.533. The number of benzene rings is 1. The third-order valence-electron chi connectivity index (χ3n) is 2.82. The van der Waals surface area contributed by atoms with E-state index in [9.17, 15) is 13.2 Å². The Morgan fingerprint density at radius 3 is 2.57 bits per heavy atom. The Morgan fingerprint density at radius 2 is 1.96 bits per heavy atom. The zero-order chi connectivity index (χ0) is 17.5. The quantitative estimate of drug-likeness (QED) is 0.667. The Balaban J connectivity index is 2.42. The van der Waals surface area contributed by atoms with Crippen molar-refractivity contribution in [3.05, 3.63) is 33.8 Å². The van der Waals surface area contributed by atoms with Gasteiger partial charge in [-0.1, -0.05) is 29.3 Å². The SMILES string of the molecule is CC(C)OCCCNC(=O)CS(=O)(=O)Cc1ccc(Cl)c(Cl)c1. The van der Waals surface area contributed by atoms with Gasteiger partial charge in [-0.25, -0.2) is 8.42 Å². The second-order valence-electron chi connectivity index (χ2n) is 5.40. The van der Waals surface area contributed by atoms with Crippen LogP contribution in [0.1, 0.15) is 25.8 Å². The molecule has 0 aliphatic carbocycles. The monoisotopic (exact) mass is 381 g/mol. The van der Waals surface area contributed by atoms with Gasteiger partial charge in [0.2, 0.25) is 5.91 Å². The topological polar surface area (TPSA) is 72.5 Å². The lowest BCUT2D eigenvalue weighted by molar-refractivity contribution is -0.118. The molecule has 0 radical (unpaired) electrons. The molecule has 0 aromatic heterocycles. The second kappa shape index (κ2) is 9.47. The molecule has 0 bridgehead atoms. The Bertz CT molecular complexity index is 632. The van der Waals surface area contributed by atoms with Gasteiger partial charge in [0.25, 0.3) is 0 Å². The van der Waals surface area contributed by atoms with E-state index in [4.69, 9.17) is 27.9 Å². The van der Waals surface area contributed by atoms with E-state index in [0.717, 1.165) is 0 Å². The van der Waals surface area contributed by atoms with E-state index in [1.807, 2.05) is 13.8 Å². The van der Waals surface area contributed by atoms with Gasteiger partial charge in [0, 0.05) is 13.2 Å². The number of rotatable bonds is 9. The molecule has 1 aromatic carbocycles. The summed E-state index contributed by atoms with van der Waals surface area (Å²) in [5, 5.41) is 3.22. The number of carbonyl (C=O) groups excluding carboxylic acids is 1. The molecule has 0 aliphatic heterocycles. The Labute approximate surface area is 147 Å². The Kier molecular flexibility index (Phi) is 8.33. The van der Waals surface area contributed by atoms with Gasteiger partial charge in [-0.2, -0.15) is 0 Å². The standard InChI is InChI=1S/C15H21Cl2NO4S/c1-11(2)22-7-3-6-18-15(19)10-23(20,21)9-12-4-5-13(16)14(17)8-12/h4-5,8,11H,3,6-7,9-10H2,1-2H3,(H,18,19). The van der Waals surface area contributed by atoms with Gasteiger partial charge in [-0.05, 0) is 38.0 Å². The van der Waals surface area contributed by atoms with Crippen LogP contribution in [-0.4, -0.2) is 39.3 Å². The first kappa shape index (κ1) is 20.2. The first-order valence-corrected chi connectivity index (χ1v) is 9.80. The van der Waals surface area contributed by atoms with Crippen molar-refractivity contribution in [3.63, 3.8) is 0 Å². The van der Waals surface area contributed by atoms with E-state index < -0.39 is 21.5 Å². The maximum absolute atomic E-state index is 12.0. The number of amides is 1. The molecule has 1 amide bonds. The molecule has 0 fully saturated rings. The predicted molar refractivity (Wildman–Crippen MR) is 92.7 cm³/mol. The minimum atomic E-state index is -3.56. The molecular formula is C15H21Cl2NO4S. The van der Waals surface area contributed by atoms with Crippen LogP contribution in [0, 0.1) is 0 Å². The normalized spacial score (nSPS) is 11.7. The molecule has 0 saturated carbocycles. The van der Waals surface area contributed by atoms with Crippen LogP contribution < -0.4 is 5.32 Å². The van der Waals surface area contributed by atoms with Gasteiger partial charge in [0.05, 0.1) is 21.9 Å². The van der Waals surface area contributed by atoms with E-state index in [0.29, 0.717) is 30.2 Å². The molecule has 0 saturated heterocycles. The summed E-state index contributed by atoms with van der Waals surface area (Å²) in [4.78, 5) is 11.7. The lowest BCUT2D eigenvalue weighted by atomic mass is 10.2. The largest absolute Gasteiger partial charge is 0.379 e. The van der Waals surface area contributed by atoms with Gasteiger partial charge >= 0.3 is 0 Å². The highest BCUT2D eigenvalue weighted by atomic mass is 35.5. The van der Waals surface area contributed by atoms with Crippen LogP contribution in [0.2, 0.25) is 10.0 Å². The molecule has 8 heteroatoms. The van der Waals surface area contributed by atoms with Crippen LogP contribution in [0.4, 0.5) is 0 Å². The summed E-state index contributed by atoms with van der Waals surface area (Å²) in [7, 11) is -3.56. The average molecular weight is 382 g/mol. The molecule has 0 spiro atoms. The molecule has 130 valence electrons. The predicted octanol–water partition coefficient (Wildman–Crippen LogP) is 2.84. The van der Waals surface area contributed by atoms with Gasteiger partial charge in [-0.15, -0.1) is 0 Å². The van der Waals surface area contributed by atoms with Crippen LogP contribution in [0.25, 0.3) is 0 Å². The van der Waals surface area contributed by atoms with Crippen LogP contribution in [0.15, 0.2) is 18.2 Å². The van der Waals surface area contributed by atoms with Crippen LogP contribution in [0.3, 0.4) is 0 Å². The number of ether oxygens (including phenoxy) is 1. The molecule has 0 unspecified atom stereocenters. The Hall–Kier alpha value is -0.820. The summed E-state index contributed by atoms with van der Waals surface area (Å²) < 4.78 is 29.4. The van der Waals surface area contributed by atoms with Crippen LogP contribution in [0.5, 0.6) is 0 Å². The lowest BCUT2D eigenvalue weighted by Crippen LogP contribution is -2.32. The molecule has 0 heterocycles. The third kappa shape index (κ3) is 8.55. The maximum atomic E-state index is 12.0. The fourth-order valence-electron chi connectivity index (χ4n) is 1.80. The highest BCUT2D eigenvalue weighted by molar-refractivity contribution is 7.91. The van der Waals surface area contributed by atoms with E-state index in [-0.39, 0.29) is 16.9 Å². The van der Waals surface area contributed by atoms with Crippen LogP contribution >= 0.6 is 23.2 Å².